The highest BCUT2D eigenvalue weighted by molar-refractivity contribution is 5.20. The Hall–Kier alpha value is -0.870. The molecule has 2 fully saturated rings. The van der Waals surface area contributed by atoms with Gasteiger partial charge in [-0.1, -0.05) is 19.8 Å². The van der Waals surface area contributed by atoms with Crippen LogP contribution >= 0.6 is 0 Å². The molecule has 0 bridgehead atoms. The number of hydrogen-bond donors (Lipinski definition) is 1. The molecule has 4 nitrogen and oxygen atoms in total. The summed E-state index contributed by atoms with van der Waals surface area (Å²) in [5, 5.41) is 8.18. The van der Waals surface area contributed by atoms with Crippen LogP contribution in [0.2, 0.25) is 0 Å². The Morgan fingerprint density at radius 3 is 2.50 bits per heavy atom. The summed E-state index contributed by atoms with van der Waals surface area (Å²) in [6.45, 7) is 5.80. The molecule has 1 aromatic rings. The van der Waals surface area contributed by atoms with Crippen molar-refractivity contribution in [2.75, 3.05) is 19.6 Å². The highest BCUT2D eigenvalue weighted by Crippen LogP contribution is 2.45. The lowest BCUT2D eigenvalue weighted by molar-refractivity contribution is 0.0770. The molecule has 2 heterocycles. The molecule has 3 rings (SSSR count). The molecular formula is C16H28N4. The van der Waals surface area contributed by atoms with Crippen molar-refractivity contribution in [3.63, 3.8) is 0 Å². The van der Waals surface area contributed by atoms with E-state index >= 15 is 0 Å². The van der Waals surface area contributed by atoms with Crippen LogP contribution in [0.15, 0.2) is 12.4 Å². The van der Waals surface area contributed by atoms with Crippen LogP contribution in [-0.2, 0) is 7.05 Å². The largest absolute Gasteiger partial charge is 0.309 e. The monoisotopic (exact) mass is 276 g/mol. The Morgan fingerprint density at radius 2 is 1.95 bits per heavy atom. The molecule has 4 heteroatoms. The fourth-order valence-electron chi connectivity index (χ4n) is 4.35. The van der Waals surface area contributed by atoms with Gasteiger partial charge >= 0.3 is 0 Å². The number of aryl methyl sites for hydroxylation is 1. The number of aromatic nitrogens is 2. The first-order valence-electron chi connectivity index (χ1n) is 8.23. The van der Waals surface area contributed by atoms with Gasteiger partial charge in [-0.2, -0.15) is 5.10 Å². The lowest BCUT2D eigenvalue weighted by atomic mass is 9.83. The van der Waals surface area contributed by atoms with Gasteiger partial charge in [-0.05, 0) is 45.3 Å². The summed E-state index contributed by atoms with van der Waals surface area (Å²) in [4.78, 5) is 2.78. The lowest BCUT2D eigenvalue weighted by Crippen LogP contribution is -2.54. The van der Waals surface area contributed by atoms with Crippen LogP contribution in [0, 0.1) is 0 Å². The van der Waals surface area contributed by atoms with E-state index in [0.717, 1.165) is 6.54 Å². The molecule has 1 saturated carbocycles. The van der Waals surface area contributed by atoms with Gasteiger partial charge in [0.15, 0.2) is 0 Å². The number of likely N-dealkylation sites (N-methyl/N-ethyl adjacent to an activating group) is 1. The summed E-state index contributed by atoms with van der Waals surface area (Å²) in [5.41, 5.74) is 1.69. The average Bonchev–Trinajstić information content (AvgIpc) is 3.17. The molecule has 0 amide bonds. The summed E-state index contributed by atoms with van der Waals surface area (Å²) >= 11 is 0. The van der Waals surface area contributed by atoms with Crippen molar-refractivity contribution in [1.82, 2.24) is 20.0 Å². The van der Waals surface area contributed by atoms with E-state index < -0.39 is 0 Å². The molecule has 0 spiro atoms. The van der Waals surface area contributed by atoms with E-state index in [-0.39, 0.29) is 0 Å². The number of likely N-dealkylation sites (tertiary alicyclic amines) is 1. The minimum atomic E-state index is 0.329. The highest BCUT2D eigenvalue weighted by atomic mass is 15.3. The first-order valence-corrected chi connectivity index (χ1v) is 8.23. The first kappa shape index (κ1) is 14.1. The number of nitrogens with one attached hydrogen (secondary N) is 1. The molecule has 1 unspecified atom stereocenters. The molecular weight excluding hydrogens is 248 g/mol. The summed E-state index contributed by atoms with van der Waals surface area (Å²) in [6, 6.07) is 0.432. The Labute approximate surface area is 122 Å². The van der Waals surface area contributed by atoms with E-state index in [0.29, 0.717) is 11.6 Å². The van der Waals surface area contributed by atoms with Crippen molar-refractivity contribution >= 4 is 0 Å². The van der Waals surface area contributed by atoms with Crippen molar-refractivity contribution in [3.8, 4) is 0 Å². The minimum absolute atomic E-state index is 0.329. The van der Waals surface area contributed by atoms with Crippen LogP contribution in [0.1, 0.15) is 57.1 Å². The molecule has 1 N–H and O–H groups in total. The maximum Gasteiger partial charge on any atom is 0.0538 e. The van der Waals surface area contributed by atoms with Crippen LogP contribution in [0.4, 0.5) is 0 Å². The SMILES string of the molecule is CCNC(c1cnn(C)c1)C1(N2CCCC2)CCCC1. The van der Waals surface area contributed by atoms with Crippen LogP contribution in [-0.4, -0.2) is 39.9 Å². The van der Waals surface area contributed by atoms with Crippen molar-refractivity contribution in [3.05, 3.63) is 18.0 Å². The van der Waals surface area contributed by atoms with Gasteiger partial charge in [-0.25, -0.2) is 0 Å². The Bertz CT molecular complexity index is 427. The zero-order valence-corrected chi connectivity index (χ0v) is 12.9. The van der Waals surface area contributed by atoms with E-state index in [4.69, 9.17) is 0 Å². The third kappa shape index (κ3) is 2.40. The summed E-state index contributed by atoms with van der Waals surface area (Å²) in [7, 11) is 2.02. The predicted molar refractivity (Wildman–Crippen MR) is 81.6 cm³/mol. The van der Waals surface area contributed by atoms with Gasteiger partial charge in [0.1, 0.15) is 0 Å². The fourth-order valence-corrected chi connectivity index (χ4v) is 4.35. The van der Waals surface area contributed by atoms with Gasteiger partial charge in [0.25, 0.3) is 0 Å². The normalized spacial score (nSPS) is 24.3. The van der Waals surface area contributed by atoms with Gasteiger partial charge < -0.3 is 5.32 Å². The minimum Gasteiger partial charge on any atom is -0.309 e. The summed E-state index contributed by atoms with van der Waals surface area (Å²) in [5.74, 6) is 0. The van der Waals surface area contributed by atoms with Crippen LogP contribution < -0.4 is 5.32 Å². The van der Waals surface area contributed by atoms with Crippen LogP contribution in [0.5, 0.6) is 0 Å². The van der Waals surface area contributed by atoms with Gasteiger partial charge in [0.05, 0.1) is 12.2 Å². The Kier molecular flexibility index (Phi) is 4.13. The molecule has 112 valence electrons. The molecule has 0 aromatic carbocycles. The first-order chi connectivity index (χ1) is 9.76. The van der Waals surface area contributed by atoms with E-state index in [1.165, 1.54) is 57.2 Å². The molecule has 1 aliphatic heterocycles. The van der Waals surface area contributed by atoms with E-state index in [9.17, 15) is 0 Å². The molecule has 1 aliphatic carbocycles. The third-order valence-corrected chi connectivity index (χ3v) is 5.21. The quantitative estimate of drug-likeness (QED) is 0.897. The van der Waals surface area contributed by atoms with E-state index in [2.05, 4.69) is 34.6 Å². The second-order valence-corrected chi connectivity index (χ2v) is 6.44. The van der Waals surface area contributed by atoms with Gasteiger partial charge in [-0.3, -0.25) is 9.58 Å². The van der Waals surface area contributed by atoms with Crippen molar-refractivity contribution in [2.24, 2.45) is 7.05 Å². The molecule has 1 aromatic heterocycles. The molecule has 2 aliphatic rings. The van der Waals surface area contributed by atoms with Crippen LogP contribution in [0.3, 0.4) is 0 Å². The summed E-state index contributed by atoms with van der Waals surface area (Å²) < 4.78 is 1.94. The fraction of sp³-hybridized carbons (Fsp3) is 0.812. The average molecular weight is 276 g/mol. The van der Waals surface area contributed by atoms with Crippen LogP contribution in [0.25, 0.3) is 0 Å². The molecule has 1 saturated heterocycles. The standard InChI is InChI=1S/C16H28N4/c1-3-17-15(14-12-18-19(2)13-14)16(8-4-5-9-16)20-10-6-7-11-20/h12-13,15,17H,3-11H2,1-2H3. The Balaban J connectivity index is 1.93. The zero-order valence-electron chi connectivity index (χ0n) is 12.9. The topological polar surface area (TPSA) is 33.1 Å². The maximum absolute atomic E-state index is 4.41. The van der Waals surface area contributed by atoms with Gasteiger partial charge in [-0.15, -0.1) is 0 Å². The molecule has 1 atom stereocenters. The zero-order chi connectivity index (χ0) is 14.0. The molecule has 0 radical (unpaired) electrons. The van der Waals surface area contributed by atoms with E-state index in [1.807, 2.05) is 11.7 Å². The maximum atomic E-state index is 4.41. The third-order valence-electron chi connectivity index (χ3n) is 5.21. The highest BCUT2D eigenvalue weighted by Gasteiger charge is 2.47. The van der Waals surface area contributed by atoms with Gasteiger partial charge in [0, 0.05) is 24.3 Å². The van der Waals surface area contributed by atoms with Crippen molar-refractivity contribution in [2.45, 2.75) is 57.0 Å². The summed E-state index contributed by atoms with van der Waals surface area (Å²) in [6.07, 6.45) is 12.4. The number of nitrogens with zero attached hydrogens (tertiary/aromatic N) is 3. The second kappa shape index (κ2) is 5.86. The van der Waals surface area contributed by atoms with E-state index in [1.54, 1.807) is 0 Å². The van der Waals surface area contributed by atoms with Crippen molar-refractivity contribution < 1.29 is 0 Å². The number of rotatable bonds is 5. The Morgan fingerprint density at radius 1 is 1.25 bits per heavy atom. The second-order valence-electron chi connectivity index (χ2n) is 6.44. The smallest absolute Gasteiger partial charge is 0.0538 e. The van der Waals surface area contributed by atoms with Gasteiger partial charge in [0.2, 0.25) is 0 Å². The number of hydrogen-bond acceptors (Lipinski definition) is 3. The van der Waals surface area contributed by atoms with Crippen molar-refractivity contribution in [1.29, 1.82) is 0 Å². The lowest BCUT2D eigenvalue weighted by Gasteiger charge is -2.45. The molecule has 20 heavy (non-hydrogen) atoms. The predicted octanol–water partition coefficient (Wildman–Crippen LogP) is 2.48.